The van der Waals surface area contributed by atoms with Crippen LogP contribution >= 0.6 is 0 Å². The van der Waals surface area contributed by atoms with Gasteiger partial charge in [-0.1, -0.05) is 31.2 Å². The Morgan fingerprint density at radius 1 is 1.21 bits per heavy atom. The molecule has 1 nitrogen and oxygen atoms in total. The van der Waals surface area contributed by atoms with Crippen molar-refractivity contribution < 1.29 is 0 Å². The Morgan fingerprint density at radius 2 is 1.93 bits per heavy atom. The van der Waals surface area contributed by atoms with Crippen molar-refractivity contribution in [2.75, 3.05) is 14.1 Å². The zero-order valence-electron chi connectivity index (χ0n) is 9.33. The van der Waals surface area contributed by atoms with Crippen molar-refractivity contribution in [2.24, 2.45) is 5.92 Å². The van der Waals surface area contributed by atoms with Gasteiger partial charge in [-0.25, -0.2) is 0 Å². The molecule has 1 heteroatoms. The maximum Gasteiger partial charge on any atom is 0.0370 e. The second-order valence-corrected chi connectivity index (χ2v) is 4.62. The molecule has 0 heterocycles. The lowest BCUT2D eigenvalue weighted by Gasteiger charge is -2.36. The van der Waals surface area contributed by atoms with Crippen LogP contribution in [0.25, 0.3) is 0 Å². The highest BCUT2D eigenvalue weighted by molar-refractivity contribution is 5.32. The molecule has 1 aliphatic carbocycles. The smallest absolute Gasteiger partial charge is 0.0370 e. The Labute approximate surface area is 86.7 Å². The molecular weight excluding hydrogens is 170 g/mol. The summed E-state index contributed by atoms with van der Waals surface area (Å²) < 4.78 is 0. The van der Waals surface area contributed by atoms with Gasteiger partial charge >= 0.3 is 0 Å². The fourth-order valence-electron chi connectivity index (χ4n) is 2.69. The highest BCUT2D eigenvalue weighted by Gasteiger charge is 2.27. The van der Waals surface area contributed by atoms with E-state index in [1.54, 1.807) is 5.56 Å². The quantitative estimate of drug-likeness (QED) is 0.656. The Bertz CT molecular complexity index is 317. The third-order valence-corrected chi connectivity index (χ3v) is 3.34. The summed E-state index contributed by atoms with van der Waals surface area (Å²) in [4.78, 5) is 2.35. The molecule has 14 heavy (non-hydrogen) atoms. The van der Waals surface area contributed by atoms with Crippen molar-refractivity contribution in [3.8, 4) is 0 Å². The predicted octanol–water partition coefficient (Wildman–Crippen LogP) is 2.87. The van der Waals surface area contributed by atoms with Gasteiger partial charge in [0.25, 0.3) is 0 Å². The number of hydrogen-bond donors (Lipinski definition) is 0. The van der Waals surface area contributed by atoms with Gasteiger partial charge in [0.1, 0.15) is 0 Å². The molecule has 0 fully saturated rings. The summed E-state index contributed by atoms with van der Waals surface area (Å²) in [6, 6.07) is 9.49. The number of hydrogen-bond acceptors (Lipinski definition) is 1. The SMILES string of the molecule is C[C@@H]1CCc2ccccc2[C@H]1N(C)C. The number of fused-ring (bicyclic) bond motifs is 1. The van der Waals surface area contributed by atoms with Crippen LogP contribution in [0.5, 0.6) is 0 Å². The average molecular weight is 189 g/mol. The highest BCUT2D eigenvalue weighted by Crippen LogP contribution is 2.36. The second-order valence-electron chi connectivity index (χ2n) is 4.62. The van der Waals surface area contributed by atoms with Crippen molar-refractivity contribution in [2.45, 2.75) is 25.8 Å². The second kappa shape index (κ2) is 3.74. The van der Waals surface area contributed by atoms with E-state index in [2.05, 4.69) is 50.2 Å². The van der Waals surface area contributed by atoms with E-state index in [1.165, 1.54) is 18.4 Å². The van der Waals surface area contributed by atoms with Crippen LogP contribution in [0, 0.1) is 5.92 Å². The first-order valence-corrected chi connectivity index (χ1v) is 5.44. The third-order valence-electron chi connectivity index (χ3n) is 3.34. The topological polar surface area (TPSA) is 3.24 Å². The fourth-order valence-corrected chi connectivity index (χ4v) is 2.69. The molecule has 76 valence electrons. The molecule has 0 aliphatic heterocycles. The number of aryl methyl sites for hydroxylation is 1. The van der Waals surface area contributed by atoms with Crippen molar-refractivity contribution in [3.63, 3.8) is 0 Å². The van der Waals surface area contributed by atoms with Gasteiger partial charge in [0.05, 0.1) is 0 Å². The molecule has 1 aromatic carbocycles. The molecule has 1 aromatic rings. The van der Waals surface area contributed by atoms with Gasteiger partial charge in [0, 0.05) is 6.04 Å². The molecule has 2 rings (SSSR count). The Morgan fingerprint density at radius 3 is 2.64 bits per heavy atom. The van der Waals surface area contributed by atoms with Gasteiger partial charge in [-0.3, -0.25) is 0 Å². The zero-order valence-corrected chi connectivity index (χ0v) is 9.33. The molecule has 2 atom stereocenters. The summed E-state index contributed by atoms with van der Waals surface area (Å²) in [5, 5.41) is 0. The summed E-state index contributed by atoms with van der Waals surface area (Å²) in [6.45, 7) is 2.36. The van der Waals surface area contributed by atoms with Crippen LogP contribution in [-0.4, -0.2) is 19.0 Å². The van der Waals surface area contributed by atoms with Crippen molar-refractivity contribution in [1.82, 2.24) is 4.90 Å². The highest BCUT2D eigenvalue weighted by atomic mass is 15.1. The first kappa shape index (κ1) is 9.72. The van der Waals surface area contributed by atoms with Crippen molar-refractivity contribution >= 4 is 0 Å². The molecule has 0 N–H and O–H groups in total. The van der Waals surface area contributed by atoms with E-state index >= 15 is 0 Å². The van der Waals surface area contributed by atoms with Gasteiger partial charge in [-0.15, -0.1) is 0 Å². The summed E-state index contributed by atoms with van der Waals surface area (Å²) in [7, 11) is 4.37. The Hall–Kier alpha value is -0.820. The monoisotopic (exact) mass is 189 g/mol. The minimum atomic E-state index is 0.611. The van der Waals surface area contributed by atoms with Gasteiger partial charge in [-0.05, 0) is 44.0 Å². The standard InChI is InChI=1S/C13H19N/c1-10-8-9-11-6-4-5-7-12(11)13(10)14(2)3/h4-7,10,13H,8-9H2,1-3H3/t10-,13+/m1/s1. The minimum absolute atomic E-state index is 0.611. The first-order valence-electron chi connectivity index (χ1n) is 5.44. The lowest BCUT2D eigenvalue weighted by Crippen LogP contribution is -2.30. The van der Waals surface area contributed by atoms with E-state index < -0.39 is 0 Å². The molecule has 0 amide bonds. The summed E-state index contributed by atoms with van der Waals surface area (Å²) in [5.74, 6) is 0.778. The number of benzene rings is 1. The number of rotatable bonds is 1. The fraction of sp³-hybridized carbons (Fsp3) is 0.538. The van der Waals surface area contributed by atoms with Crippen molar-refractivity contribution in [3.05, 3.63) is 35.4 Å². The maximum atomic E-state index is 2.36. The average Bonchev–Trinajstić information content (AvgIpc) is 2.17. The van der Waals surface area contributed by atoms with Gasteiger partial charge < -0.3 is 4.90 Å². The third kappa shape index (κ3) is 1.57. The summed E-state index contributed by atoms with van der Waals surface area (Å²) >= 11 is 0. The number of nitrogens with zero attached hydrogens (tertiary/aromatic N) is 1. The van der Waals surface area contributed by atoms with E-state index in [1.807, 2.05) is 0 Å². The van der Waals surface area contributed by atoms with Gasteiger partial charge in [0.2, 0.25) is 0 Å². The Kier molecular flexibility index (Phi) is 2.60. The van der Waals surface area contributed by atoms with E-state index in [4.69, 9.17) is 0 Å². The van der Waals surface area contributed by atoms with Gasteiger partial charge in [0.15, 0.2) is 0 Å². The van der Waals surface area contributed by atoms with E-state index in [0.29, 0.717) is 6.04 Å². The molecule has 0 radical (unpaired) electrons. The van der Waals surface area contributed by atoms with Crippen LogP contribution in [0.15, 0.2) is 24.3 Å². The van der Waals surface area contributed by atoms with Gasteiger partial charge in [-0.2, -0.15) is 0 Å². The first-order chi connectivity index (χ1) is 6.70. The van der Waals surface area contributed by atoms with Crippen LogP contribution in [0.3, 0.4) is 0 Å². The Balaban J connectivity index is 2.41. The van der Waals surface area contributed by atoms with Crippen molar-refractivity contribution in [1.29, 1.82) is 0 Å². The lowest BCUT2D eigenvalue weighted by atomic mass is 9.80. The summed E-state index contributed by atoms with van der Waals surface area (Å²) in [5.41, 5.74) is 3.08. The largest absolute Gasteiger partial charge is 0.302 e. The molecule has 0 spiro atoms. The molecule has 0 aromatic heterocycles. The summed E-state index contributed by atoms with van der Waals surface area (Å²) in [6.07, 6.45) is 2.57. The van der Waals surface area contributed by atoms with Crippen LogP contribution < -0.4 is 0 Å². The predicted molar refractivity (Wildman–Crippen MR) is 60.4 cm³/mol. The van der Waals surface area contributed by atoms with Crippen LogP contribution in [-0.2, 0) is 6.42 Å². The molecule has 0 saturated heterocycles. The molecule has 0 saturated carbocycles. The zero-order chi connectivity index (χ0) is 10.1. The minimum Gasteiger partial charge on any atom is -0.302 e. The molecular formula is C13H19N. The normalized spacial score (nSPS) is 26.3. The maximum absolute atomic E-state index is 2.36. The van der Waals surface area contributed by atoms with Crippen LogP contribution in [0.4, 0.5) is 0 Å². The lowest BCUT2D eigenvalue weighted by molar-refractivity contribution is 0.203. The van der Waals surface area contributed by atoms with E-state index in [0.717, 1.165) is 5.92 Å². The molecule has 0 bridgehead atoms. The van der Waals surface area contributed by atoms with E-state index in [-0.39, 0.29) is 0 Å². The molecule has 0 unspecified atom stereocenters. The van der Waals surface area contributed by atoms with Crippen LogP contribution in [0.2, 0.25) is 0 Å². The van der Waals surface area contributed by atoms with E-state index in [9.17, 15) is 0 Å². The van der Waals surface area contributed by atoms with Crippen LogP contribution in [0.1, 0.15) is 30.5 Å². The molecule has 1 aliphatic rings.